The third-order valence-electron chi connectivity index (χ3n) is 0.754. The van der Waals surface area contributed by atoms with Crippen molar-refractivity contribution < 1.29 is 19.1 Å². The van der Waals surface area contributed by atoms with Gasteiger partial charge >= 0.3 is 8.25 Å². The molecule has 0 aromatic rings. The molecule has 0 aliphatic heterocycles. The van der Waals surface area contributed by atoms with Crippen molar-refractivity contribution in [2.45, 2.75) is 12.8 Å². The summed E-state index contributed by atoms with van der Waals surface area (Å²) in [6.07, 6.45) is 1.24. The molecular formula is C4H10O4P+. The van der Waals surface area contributed by atoms with E-state index in [9.17, 15) is 4.57 Å². The molecule has 4 nitrogen and oxygen atoms in total. The van der Waals surface area contributed by atoms with Crippen molar-refractivity contribution in [2.24, 2.45) is 0 Å². The number of unbranched alkanes of at least 4 members (excludes halogenated alkanes) is 1. The second-order valence-electron chi connectivity index (χ2n) is 1.50. The van der Waals surface area contributed by atoms with Gasteiger partial charge in [-0.3, -0.25) is 0 Å². The lowest BCUT2D eigenvalue weighted by Gasteiger charge is -1.87. The molecule has 0 spiro atoms. The standard InChI is InChI=1S/C4H9O4P/c5-3-1-2-4-8-9(6)7/h5H,1-4H2/p+1. The first-order valence-electron chi connectivity index (χ1n) is 2.67. The molecule has 0 bridgehead atoms. The highest BCUT2D eigenvalue weighted by Crippen LogP contribution is 2.14. The largest absolute Gasteiger partial charge is 0.694 e. The fraction of sp³-hybridized carbons (Fsp3) is 1.00. The van der Waals surface area contributed by atoms with E-state index in [4.69, 9.17) is 10.00 Å². The van der Waals surface area contributed by atoms with Gasteiger partial charge in [-0.15, -0.1) is 9.42 Å². The fourth-order valence-electron chi connectivity index (χ4n) is 0.357. The van der Waals surface area contributed by atoms with Crippen molar-refractivity contribution >= 4 is 8.25 Å². The van der Waals surface area contributed by atoms with E-state index in [1.54, 1.807) is 0 Å². The molecule has 0 aromatic heterocycles. The molecule has 0 radical (unpaired) electrons. The summed E-state index contributed by atoms with van der Waals surface area (Å²) < 4.78 is 14.1. The molecule has 0 rings (SSSR count). The van der Waals surface area contributed by atoms with E-state index in [2.05, 4.69) is 4.52 Å². The summed E-state index contributed by atoms with van der Waals surface area (Å²) in [4.78, 5) is 8.08. The predicted molar refractivity (Wildman–Crippen MR) is 32.1 cm³/mol. The Hall–Kier alpha value is -0.0200. The van der Waals surface area contributed by atoms with Gasteiger partial charge in [0.15, 0.2) is 0 Å². The molecular weight excluding hydrogens is 143 g/mol. The van der Waals surface area contributed by atoms with E-state index >= 15 is 0 Å². The van der Waals surface area contributed by atoms with Crippen LogP contribution in [0.25, 0.3) is 0 Å². The zero-order valence-electron chi connectivity index (χ0n) is 4.99. The van der Waals surface area contributed by atoms with Crippen LogP contribution < -0.4 is 0 Å². The summed E-state index contributed by atoms with van der Waals surface area (Å²) in [5.74, 6) is 0. The summed E-state index contributed by atoms with van der Waals surface area (Å²) in [5, 5.41) is 8.24. The van der Waals surface area contributed by atoms with Crippen LogP contribution in [0.4, 0.5) is 0 Å². The van der Waals surface area contributed by atoms with Crippen LogP contribution in [-0.4, -0.2) is 23.2 Å². The van der Waals surface area contributed by atoms with Gasteiger partial charge < -0.3 is 5.11 Å². The molecule has 0 saturated carbocycles. The predicted octanol–water partition coefficient (Wildman–Crippen LogP) is 0.425. The van der Waals surface area contributed by atoms with Crippen molar-refractivity contribution in [2.75, 3.05) is 13.2 Å². The SMILES string of the molecule is O=[P+](O)OCCCCO. The van der Waals surface area contributed by atoms with Crippen LogP contribution in [0.1, 0.15) is 12.8 Å². The Morgan fingerprint density at radius 3 is 2.56 bits per heavy atom. The van der Waals surface area contributed by atoms with Crippen molar-refractivity contribution in [3.8, 4) is 0 Å². The molecule has 9 heavy (non-hydrogen) atoms. The van der Waals surface area contributed by atoms with Crippen molar-refractivity contribution in [1.82, 2.24) is 0 Å². The van der Waals surface area contributed by atoms with Gasteiger partial charge in [0, 0.05) is 11.2 Å². The van der Waals surface area contributed by atoms with Crippen LogP contribution in [0.15, 0.2) is 0 Å². The maximum absolute atomic E-state index is 9.83. The Labute approximate surface area is 54.4 Å². The summed E-state index contributed by atoms with van der Waals surface area (Å²) in [6.45, 7) is 0.345. The Bertz CT molecular complexity index is 84.6. The lowest BCUT2D eigenvalue weighted by Crippen LogP contribution is -1.89. The van der Waals surface area contributed by atoms with Crippen LogP contribution in [0, 0.1) is 0 Å². The van der Waals surface area contributed by atoms with Gasteiger partial charge in [-0.25, -0.2) is 0 Å². The maximum Gasteiger partial charge on any atom is 0.694 e. The summed E-state index contributed by atoms with van der Waals surface area (Å²) in [5.41, 5.74) is 0. The average Bonchev–Trinajstić information content (AvgIpc) is 1.80. The fourth-order valence-corrected chi connectivity index (χ4v) is 0.642. The molecule has 0 amide bonds. The van der Waals surface area contributed by atoms with Gasteiger partial charge in [-0.05, 0) is 12.8 Å². The molecule has 1 unspecified atom stereocenters. The molecule has 2 N–H and O–H groups in total. The van der Waals surface area contributed by atoms with Gasteiger partial charge in [0.05, 0.1) is 0 Å². The van der Waals surface area contributed by atoms with E-state index in [0.717, 1.165) is 0 Å². The summed E-state index contributed by atoms with van der Waals surface area (Å²) >= 11 is 0. The molecule has 0 aromatic carbocycles. The number of hydrogen-bond donors (Lipinski definition) is 2. The Balaban J connectivity index is 2.83. The van der Waals surface area contributed by atoms with E-state index in [-0.39, 0.29) is 13.2 Å². The zero-order valence-corrected chi connectivity index (χ0v) is 5.88. The minimum Gasteiger partial charge on any atom is -0.396 e. The van der Waals surface area contributed by atoms with Gasteiger partial charge in [0.2, 0.25) is 0 Å². The number of hydrogen-bond acceptors (Lipinski definition) is 3. The topological polar surface area (TPSA) is 66.8 Å². The smallest absolute Gasteiger partial charge is 0.396 e. The first kappa shape index (κ1) is 8.98. The minimum atomic E-state index is -2.45. The minimum absolute atomic E-state index is 0.103. The second kappa shape index (κ2) is 6.11. The van der Waals surface area contributed by atoms with Crippen molar-refractivity contribution in [3.05, 3.63) is 0 Å². The molecule has 0 aliphatic carbocycles. The zero-order chi connectivity index (χ0) is 7.11. The van der Waals surface area contributed by atoms with Crippen LogP contribution in [0.5, 0.6) is 0 Å². The Kier molecular flexibility index (Phi) is 6.09. The van der Waals surface area contributed by atoms with Gasteiger partial charge in [0.1, 0.15) is 6.61 Å². The Morgan fingerprint density at radius 2 is 2.11 bits per heavy atom. The summed E-state index contributed by atoms with van der Waals surface area (Å²) in [6, 6.07) is 0. The summed E-state index contributed by atoms with van der Waals surface area (Å²) in [7, 11) is -2.45. The maximum atomic E-state index is 9.83. The molecule has 0 aliphatic rings. The van der Waals surface area contributed by atoms with Crippen LogP contribution in [0.3, 0.4) is 0 Å². The quantitative estimate of drug-likeness (QED) is 0.443. The van der Waals surface area contributed by atoms with E-state index in [1.165, 1.54) is 0 Å². The third-order valence-corrected chi connectivity index (χ3v) is 1.16. The third kappa shape index (κ3) is 7.98. The number of aliphatic hydroxyl groups excluding tert-OH is 1. The van der Waals surface area contributed by atoms with Gasteiger partial charge in [-0.1, -0.05) is 0 Å². The molecule has 1 atom stereocenters. The van der Waals surface area contributed by atoms with Crippen LogP contribution >= 0.6 is 8.25 Å². The highest BCUT2D eigenvalue weighted by atomic mass is 31.1. The van der Waals surface area contributed by atoms with Gasteiger partial charge in [-0.2, -0.15) is 0 Å². The first-order chi connectivity index (χ1) is 4.27. The van der Waals surface area contributed by atoms with Crippen LogP contribution in [0.2, 0.25) is 0 Å². The van der Waals surface area contributed by atoms with Gasteiger partial charge in [0.25, 0.3) is 0 Å². The molecule has 5 heteroatoms. The molecule has 0 heterocycles. The van der Waals surface area contributed by atoms with Crippen molar-refractivity contribution in [1.29, 1.82) is 0 Å². The van der Waals surface area contributed by atoms with Crippen molar-refractivity contribution in [3.63, 3.8) is 0 Å². The number of rotatable bonds is 5. The van der Waals surface area contributed by atoms with Crippen LogP contribution in [-0.2, 0) is 9.09 Å². The Morgan fingerprint density at radius 1 is 1.44 bits per heavy atom. The normalized spacial score (nSPS) is 11.6. The van der Waals surface area contributed by atoms with E-state index in [0.29, 0.717) is 12.8 Å². The highest BCUT2D eigenvalue weighted by molar-refractivity contribution is 7.32. The molecule has 54 valence electrons. The number of aliphatic hydroxyl groups is 1. The second-order valence-corrected chi connectivity index (χ2v) is 2.24. The van der Waals surface area contributed by atoms with E-state index in [1.807, 2.05) is 0 Å². The average molecular weight is 153 g/mol. The molecule has 0 saturated heterocycles. The lowest BCUT2D eigenvalue weighted by atomic mass is 10.3. The van der Waals surface area contributed by atoms with E-state index < -0.39 is 8.25 Å². The highest BCUT2D eigenvalue weighted by Gasteiger charge is 2.09. The monoisotopic (exact) mass is 153 g/mol. The lowest BCUT2D eigenvalue weighted by molar-refractivity contribution is 0.242. The molecule has 0 fully saturated rings. The first-order valence-corrected chi connectivity index (χ1v) is 3.80.